The maximum atomic E-state index is 13.9. The van der Waals surface area contributed by atoms with E-state index in [2.05, 4.69) is 4.98 Å². The Balaban J connectivity index is 1.72. The fourth-order valence-corrected chi connectivity index (χ4v) is 3.72. The van der Waals surface area contributed by atoms with E-state index >= 15 is 0 Å². The molecule has 0 N–H and O–H groups in total. The number of methoxy groups -OCH3 is 3. The van der Waals surface area contributed by atoms with Gasteiger partial charge in [0.2, 0.25) is 11.5 Å². The number of aromatic nitrogens is 1. The van der Waals surface area contributed by atoms with Crippen LogP contribution in [0.3, 0.4) is 0 Å². The number of fused-ring (bicyclic) bond motifs is 1. The van der Waals surface area contributed by atoms with Crippen molar-refractivity contribution in [1.29, 1.82) is 0 Å². The van der Waals surface area contributed by atoms with Crippen molar-refractivity contribution in [2.24, 2.45) is 0 Å². The molecule has 3 aromatic carbocycles. The summed E-state index contributed by atoms with van der Waals surface area (Å²) < 4.78 is 48.8. The number of rotatable bonds is 8. The van der Waals surface area contributed by atoms with E-state index in [1.165, 1.54) is 27.4 Å². The molecule has 0 saturated heterocycles. The number of hydrogen-bond donors (Lipinski definition) is 0. The summed E-state index contributed by atoms with van der Waals surface area (Å²) in [6.07, 6.45) is 0. The van der Waals surface area contributed by atoms with Crippen LogP contribution >= 0.6 is 0 Å². The molecule has 0 aliphatic heterocycles. The quantitative estimate of drug-likeness (QED) is 0.245. The Morgan fingerprint density at radius 2 is 1.53 bits per heavy atom. The highest BCUT2D eigenvalue weighted by Crippen LogP contribution is 2.41. The molecule has 184 valence electrons. The van der Waals surface area contributed by atoms with E-state index < -0.39 is 35.6 Å². The lowest BCUT2D eigenvalue weighted by atomic mass is 10.0. The van der Waals surface area contributed by atoms with Gasteiger partial charge in [0.1, 0.15) is 11.6 Å². The number of halogens is 2. The van der Waals surface area contributed by atoms with Gasteiger partial charge < -0.3 is 18.9 Å². The summed E-state index contributed by atoms with van der Waals surface area (Å²) in [5, 5.41) is 0.489. The zero-order valence-electron chi connectivity index (χ0n) is 19.6. The largest absolute Gasteiger partial charge is 0.493 e. The van der Waals surface area contributed by atoms with E-state index in [0.29, 0.717) is 39.4 Å². The Morgan fingerprint density at radius 3 is 2.19 bits per heavy atom. The van der Waals surface area contributed by atoms with Crippen molar-refractivity contribution in [1.82, 2.24) is 4.98 Å². The van der Waals surface area contributed by atoms with Crippen LogP contribution in [0.5, 0.6) is 17.2 Å². The number of carbonyl (C=O) groups is 2. The van der Waals surface area contributed by atoms with Crippen LogP contribution in [0.4, 0.5) is 8.78 Å². The maximum Gasteiger partial charge on any atom is 0.339 e. The van der Waals surface area contributed by atoms with E-state index in [-0.39, 0.29) is 5.56 Å². The average molecular weight is 493 g/mol. The van der Waals surface area contributed by atoms with E-state index in [9.17, 15) is 18.4 Å². The van der Waals surface area contributed by atoms with Crippen molar-refractivity contribution in [2.75, 3.05) is 27.9 Å². The van der Waals surface area contributed by atoms with Crippen LogP contribution in [0, 0.1) is 11.6 Å². The lowest BCUT2D eigenvalue weighted by Crippen LogP contribution is -2.16. The summed E-state index contributed by atoms with van der Waals surface area (Å²) in [6.45, 7) is -0.768. The molecule has 0 aliphatic rings. The number of nitrogens with zero attached hydrogens (tertiary/aromatic N) is 1. The van der Waals surface area contributed by atoms with Gasteiger partial charge in [-0.3, -0.25) is 4.79 Å². The van der Waals surface area contributed by atoms with Crippen LogP contribution in [0.25, 0.3) is 22.2 Å². The maximum absolute atomic E-state index is 13.9. The third-order valence-corrected chi connectivity index (χ3v) is 5.46. The minimum absolute atomic E-state index is 0.136. The van der Waals surface area contributed by atoms with Crippen LogP contribution in [0.1, 0.15) is 20.7 Å². The van der Waals surface area contributed by atoms with Crippen molar-refractivity contribution in [3.05, 3.63) is 83.4 Å². The fourth-order valence-electron chi connectivity index (χ4n) is 3.72. The Labute approximate surface area is 205 Å². The van der Waals surface area contributed by atoms with Crippen molar-refractivity contribution in [3.63, 3.8) is 0 Å². The molecular formula is C27H21F2NO6. The van der Waals surface area contributed by atoms with Crippen molar-refractivity contribution < 1.29 is 37.3 Å². The van der Waals surface area contributed by atoms with Crippen LogP contribution in [-0.2, 0) is 4.74 Å². The molecule has 4 aromatic rings. The van der Waals surface area contributed by atoms with Crippen molar-refractivity contribution in [2.45, 2.75) is 0 Å². The molecule has 0 atom stereocenters. The minimum atomic E-state index is -0.906. The van der Waals surface area contributed by atoms with Gasteiger partial charge >= 0.3 is 5.97 Å². The molecular weight excluding hydrogens is 472 g/mol. The van der Waals surface area contributed by atoms with Crippen molar-refractivity contribution in [3.8, 4) is 28.5 Å². The zero-order chi connectivity index (χ0) is 25.8. The molecule has 7 nitrogen and oxygen atoms in total. The van der Waals surface area contributed by atoms with Gasteiger partial charge in [0.05, 0.1) is 43.7 Å². The number of ketones is 1. The predicted molar refractivity (Wildman–Crippen MR) is 128 cm³/mol. The highest BCUT2D eigenvalue weighted by molar-refractivity contribution is 6.06. The summed E-state index contributed by atoms with van der Waals surface area (Å²) >= 11 is 0. The minimum Gasteiger partial charge on any atom is -0.493 e. The van der Waals surface area contributed by atoms with Crippen LogP contribution in [0.2, 0.25) is 0 Å². The lowest BCUT2D eigenvalue weighted by Gasteiger charge is -2.15. The Morgan fingerprint density at radius 1 is 0.833 bits per heavy atom. The first-order valence-electron chi connectivity index (χ1n) is 10.7. The molecule has 0 unspecified atom stereocenters. The second kappa shape index (κ2) is 10.4. The number of pyridine rings is 1. The molecule has 4 rings (SSSR count). The lowest BCUT2D eigenvalue weighted by molar-refractivity contribution is 0.0475. The topological polar surface area (TPSA) is 84.0 Å². The highest BCUT2D eigenvalue weighted by atomic mass is 19.1. The molecule has 36 heavy (non-hydrogen) atoms. The number of carbonyl (C=O) groups excluding carboxylic acids is 2. The molecule has 1 aromatic heterocycles. The molecule has 1 heterocycles. The van der Waals surface area contributed by atoms with Gasteiger partial charge in [0, 0.05) is 10.9 Å². The third kappa shape index (κ3) is 4.81. The Hall–Kier alpha value is -4.53. The number of hydrogen-bond acceptors (Lipinski definition) is 7. The zero-order valence-corrected chi connectivity index (χ0v) is 19.6. The first-order chi connectivity index (χ1) is 17.4. The smallest absolute Gasteiger partial charge is 0.339 e. The predicted octanol–water partition coefficient (Wildman–Crippen LogP) is 5.25. The summed E-state index contributed by atoms with van der Waals surface area (Å²) in [6, 6.07) is 14.3. The first kappa shape index (κ1) is 24.6. The monoisotopic (exact) mass is 493 g/mol. The van der Waals surface area contributed by atoms with E-state index in [1.807, 2.05) is 0 Å². The van der Waals surface area contributed by atoms with Crippen LogP contribution < -0.4 is 14.2 Å². The molecule has 9 heteroatoms. The molecule has 0 bridgehead atoms. The molecule has 0 radical (unpaired) electrons. The molecule has 0 aliphatic carbocycles. The van der Waals surface area contributed by atoms with Gasteiger partial charge in [-0.15, -0.1) is 0 Å². The van der Waals surface area contributed by atoms with E-state index in [1.54, 1.807) is 36.4 Å². The van der Waals surface area contributed by atoms with Crippen molar-refractivity contribution >= 4 is 22.7 Å². The van der Waals surface area contributed by atoms with E-state index in [4.69, 9.17) is 18.9 Å². The molecule has 0 amide bonds. The second-order valence-electron chi connectivity index (χ2n) is 7.61. The van der Waals surface area contributed by atoms with Gasteiger partial charge in [-0.1, -0.05) is 18.2 Å². The fraction of sp³-hybridized carbons (Fsp3) is 0.148. The number of ether oxygens (including phenoxy) is 4. The second-order valence-corrected chi connectivity index (χ2v) is 7.61. The summed E-state index contributed by atoms with van der Waals surface area (Å²) in [5.41, 5.74) is 1.11. The van der Waals surface area contributed by atoms with Crippen LogP contribution in [-0.4, -0.2) is 44.7 Å². The number of para-hydroxylation sites is 1. The highest BCUT2D eigenvalue weighted by Gasteiger charge is 2.21. The normalized spacial score (nSPS) is 10.7. The molecule has 0 spiro atoms. The third-order valence-electron chi connectivity index (χ3n) is 5.46. The van der Waals surface area contributed by atoms with Gasteiger partial charge in [0.25, 0.3) is 0 Å². The molecule has 0 fully saturated rings. The number of Topliss-reactive ketones (excluding diaryl/α,β-unsaturated/α-hetero) is 1. The van der Waals surface area contributed by atoms with Gasteiger partial charge in [-0.2, -0.15) is 0 Å². The molecule has 0 saturated carbocycles. The summed E-state index contributed by atoms with van der Waals surface area (Å²) in [4.78, 5) is 30.0. The summed E-state index contributed by atoms with van der Waals surface area (Å²) in [5.74, 6) is -2.19. The van der Waals surface area contributed by atoms with Gasteiger partial charge in [-0.05, 0) is 42.5 Å². The van der Waals surface area contributed by atoms with Crippen LogP contribution in [0.15, 0.2) is 60.7 Å². The average Bonchev–Trinajstić information content (AvgIpc) is 2.91. The number of benzene rings is 3. The Bertz CT molecular complexity index is 1450. The summed E-state index contributed by atoms with van der Waals surface area (Å²) in [7, 11) is 4.45. The number of esters is 1. The standard InChI is InChI=1S/C27H21F2NO6/c1-33-24-10-15(11-25(34-2)26(24)35-3)22-13-18(17-6-4-5-7-21(17)30-22)27(32)36-14-23(31)19-12-16(28)8-9-20(19)29/h4-13H,14H2,1-3H3. The SMILES string of the molecule is COc1cc(-c2cc(C(=O)OCC(=O)c3cc(F)ccc3F)c3ccccc3n2)cc(OC)c1OC. The first-order valence-corrected chi connectivity index (χ1v) is 10.7. The Kier molecular flexibility index (Phi) is 7.10. The van der Waals surface area contributed by atoms with Gasteiger partial charge in [-0.25, -0.2) is 18.6 Å². The van der Waals surface area contributed by atoms with E-state index in [0.717, 1.165) is 18.2 Å². The van der Waals surface area contributed by atoms with Gasteiger partial charge in [0.15, 0.2) is 18.1 Å².